The third-order valence-corrected chi connectivity index (χ3v) is 5.15. The Bertz CT molecular complexity index is 1040. The summed E-state index contributed by atoms with van der Waals surface area (Å²) in [4.78, 5) is 11.1. The van der Waals surface area contributed by atoms with E-state index in [-0.39, 0.29) is 27.8 Å². The van der Waals surface area contributed by atoms with Crippen molar-refractivity contribution in [3.05, 3.63) is 47.8 Å². The Morgan fingerprint density at radius 1 is 1.00 bits per heavy atom. The van der Waals surface area contributed by atoms with E-state index in [9.17, 15) is 17.6 Å². The van der Waals surface area contributed by atoms with Gasteiger partial charge in [-0.2, -0.15) is 0 Å². The number of benzene rings is 2. The van der Waals surface area contributed by atoms with Gasteiger partial charge in [0.05, 0.1) is 34.1 Å². The monoisotopic (exact) mass is 425 g/mol. The summed E-state index contributed by atoms with van der Waals surface area (Å²) in [5.41, 5.74) is 0.380. The zero-order chi connectivity index (χ0) is 21.6. The molecule has 2 rings (SSSR count). The van der Waals surface area contributed by atoms with Gasteiger partial charge in [-0.15, -0.1) is 0 Å². The van der Waals surface area contributed by atoms with Gasteiger partial charge in [-0.1, -0.05) is 0 Å². The molecule has 0 spiro atoms. The number of nitrogens with one attached hydrogen (secondary N) is 1. The quantitative estimate of drug-likeness (QED) is 0.513. The second-order valence-corrected chi connectivity index (χ2v) is 7.21. The van der Waals surface area contributed by atoms with Crippen LogP contribution in [0.2, 0.25) is 0 Å². The number of methoxy groups -OCH3 is 4. The minimum atomic E-state index is -4.21. The van der Waals surface area contributed by atoms with Gasteiger partial charge in [0.1, 0.15) is 16.5 Å². The Labute approximate surface area is 167 Å². The van der Waals surface area contributed by atoms with Crippen molar-refractivity contribution in [3.63, 3.8) is 0 Å². The molecule has 0 atom stereocenters. The molecule has 29 heavy (non-hydrogen) atoms. The number of carbonyl (C=O) groups excluding carboxylic acids is 1. The minimum Gasteiger partial charge on any atom is -0.494 e. The molecule has 2 aromatic carbocycles. The van der Waals surface area contributed by atoms with Crippen LogP contribution in [0.1, 0.15) is 5.56 Å². The molecule has 0 aromatic heterocycles. The molecule has 0 bridgehead atoms. The Morgan fingerprint density at radius 2 is 1.69 bits per heavy atom. The fourth-order valence-electron chi connectivity index (χ4n) is 2.43. The van der Waals surface area contributed by atoms with E-state index >= 15 is 0 Å². The van der Waals surface area contributed by atoms with Crippen molar-refractivity contribution < 1.29 is 36.6 Å². The van der Waals surface area contributed by atoms with Crippen molar-refractivity contribution in [1.29, 1.82) is 0 Å². The van der Waals surface area contributed by atoms with E-state index in [1.54, 1.807) is 0 Å². The number of hydrogen-bond acceptors (Lipinski definition) is 7. The number of sulfonamides is 1. The van der Waals surface area contributed by atoms with Crippen LogP contribution >= 0.6 is 0 Å². The average Bonchev–Trinajstić information content (AvgIpc) is 2.72. The Hall–Kier alpha value is -3.27. The maximum atomic E-state index is 13.4. The smallest absolute Gasteiger partial charge is 0.330 e. The van der Waals surface area contributed by atoms with Crippen LogP contribution < -0.4 is 18.9 Å². The van der Waals surface area contributed by atoms with Crippen molar-refractivity contribution in [2.24, 2.45) is 0 Å². The molecule has 2 aromatic rings. The van der Waals surface area contributed by atoms with Gasteiger partial charge in [0, 0.05) is 12.1 Å². The fourth-order valence-corrected chi connectivity index (χ4v) is 3.71. The van der Waals surface area contributed by atoms with Crippen LogP contribution in [0.15, 0.2) is 41.3 Å². The average molecular weight is 425 g/mol. The zero-order valence-electron chi connectivity index (χ0n) is 16.2. The number of hydrogen-bond donors (Lipinski definition) is 1. The lowest BCUT2D eigenvalue weighted by molar-refractivity contribution is -0.134. The number of rotatable bonds is 8. The standard InChI is InChI=1S/C19H20FNO7S/c1-25-15-11-13(20)6-7-14(15)21-29(23,24)17-10-12(5-8-18(22)27-3)9-16(26-2)19(17)28-4/h5-11,21H,1-4H3/b8-5+. The Kier molecular flexibility index (Phi) is 7.05. The fraction of sp³-hybridized carbons (Fsp3) is 0.211. The van der Waals surface area contributed by atoms with Crippen molar-refractivity contribution in [3.8, 4) is 17.2 Å². The summed E-state index contributed by atoms with van der Waals surface area (Å²) in [5.74, 6) is -1.11. The van der Waals surface area contributed by atoms with Crippen molar-refractivity contribution in [2.45, 2.75) is 4.90 Å². The normalized spacial score (nSPS) is 11.2. The van der Waals surface area contributed by atoms with Gasteiger partial charge < -0.3 is 18.9 Å². The molecule has 0 amide bonds. The molecular formula is C19H20FNO7S. The Morgan fingerprint density at radius 3 is 2.28 bits per heavy atom. The maximum Gasteiger partial charge on any atom is 0.330 e. The largest absolute Gasteiger partial charge is 0.494 e. The highest BCUT2D eigenvalue weighted by atomic mass is 32.2. The molecule has 0 aliphatic heterocycles. The van der Waals surface area contributed by atoms with Gasteiger partial charge in [-0.3, -0.25) is 4.72 Å². The molecule has 0 saturated heterocycles. The van der Waals surface area contributed by atoms with E-state index in [4.69, 9.17) is 14.2 Å². The second kappa shape index (κ2) is 9.28. The number of esters is 1. The topological polar surface area (TPSA) is 100 Å². The SMILES string of the molecule is COC(=O)/C=C/c1cc(OC)c(OC)c(S(=O)(=O)Nc2ccc(F)cc2OC)c1. The number of ether oxygens (including phenoxy) is 4. The molecule has 156 valence electrons. The maximum absolute atomic E-state index is 13.4. The van der Waals surface area contributed by atoms with E-state index in [0.29, 0.717) is 5.56 Å². The van der Waals surface area contributed by atoms with Gasteiger partial charge in [-0.25, -0.2) is 17.6 Å². The molecule has 0 saturated carbocycles. The summed E-state index contributed by atoms with van der Waals surface area (Å²) in [7, 11) is 0.934. The van der Waals surface area contributed by atoms with Crippen LogP contribution in [0.25, 0.3) is 6.08 Å². The molecule has 10 heteroatoms. The van der Waals surface area contributed by atoms with E-state index in [0.717, 1.165) is 18.2 Å². The summed E-state index contributed by atoms with van der Waals surface area (Å²) in [6.45, 7) is 0. The first-order valence-electron chi connectivity index (χ1n) is 8.14. The summed E-state index contributed by atoms with van der Waals surface area (Å²) in [5, 5.41) is 0. The summed E-state index contributed by atoms with van der Waals surface area (Å²) < 4.78 is 61.8. The first kappa shape index (κ1) is 22.0. The lowest BCUT2D eigenvalue weighted by Gasteiger charge is -2.16. The van der Waals surface area contributed by atoms with Crippen LogP contribution in [0.3, 0.4) is 0 Å². The molecule has 0 aliphatic carbocycles. The summed E-state index contributed by atoms with van der Waals surface area (Å²) in [6.07, 6.45) is 2.50. The molecule has 1 N–H and O–H groups in total. The van der Waals surface area contributed by atoms with Crippen LogP contribution in [0.4, 0.5) is 10.1 Å². The zero-order valence-corrected chi connectivity index (χ0v) is 17.0. The number of halogens is 1. The lowest BCUT2D eigenvalue weighted by atomic mass is 10.2. The highest BCUT2D eigenvalue weighted by molar-refractivity contribution is 7.92. The van der Waals surface area contributed by atoms with Gasteiger partial charge in [0.2, 0.25) is 0 Å². The molecule has 0 radical (unpaired) electrons. The van der Waals surface area contributed by atoms with Crippen LogP contribution in [-0.2, 0) is 19.6 Å². The summed E-state index contributed by atoms with van der Waals surface area (Å²) >= 11 is 0. The molecule has 8 nitrogen and oxygen atoms in total. The molecule has 0 unspecified atom stereocenters. The first-order chi connectivity index (χ1) is 13.7. The molecular weight excluding hydrogens is 405 g/mol. The van der Waals surface area contributed by atoms with E-state index < -0.39 is 21.8 Å². The number of anilines is 1. The van der Waals surface area contributed by atoms with Gasteiger partial charge in [0.15, 0.2) is 11.5 Å². The Balaban J connectivity index is 2.58. The van der Waals surface area contributed by atoms with E-state index in [2.05, 4.69) is 9.46 Å². The predicted octanol–water partition coefficient (Wildman–Crippen LogP) is 2.84. The third-order valence-electron chi connectivity index (χ3n) is 3.78. The van der Waals surface area contributed by atoms with Crippen LogP contribution in [0, 0.1) is 5.82 Å². The van der Waals surface area contributed by atoms with Crippen LogP contribution in [0.5, 0.6) is 17.2 Å². The summed E-state index contributed by atoms with van der Waals surface area (Å²) in [6, 6.07) is 6.16. The van der Waals surface area contributed by atoms with Gasteiger partial charge in [0.25, 0.3) is 10.0 Å². The molecule has 0 fully saturated rings. The first-order valence-corrected chi connectivity index (χ1v) is 9.62. The van der Waals surface area contributed by atoms with Gasteiger partial charge >= 0.3 is 5.97 Å². The molecule has 0 aliphatic rings. The predicted molar refractivity (Wildman–Crippen MR) is 104 cm³/mol. The van der Waals surface area contributed by atoms with E-state index in [1.165, 1.54) is 52.7 Å². The van der Waals surface area contributed by atoms with Gasteiger partial charge in [-0.05, 0) is 35.9 Å². The van der Waals surface area contributed by atoms with E-state index in [1.807, 2.05) is 0 Å². The lowest BCUT2D eigenvalue weighted by Crippen LogP contribution is -2.15. The minimum absolute atomic E-state index is 0.00116. The van der Waals surface area contributed by atoms with Crippen LogP contribution in [-0.4, -0.2) is 42.8 Å². The number of carbonyl (C=O) groups is 1. The second-order valence-electron chi connectivity index (χ2n) is 5.56. The van der Waals surface area contributed by atoms with Crippen molar-refractivity contribution in [2.75, 3.05) is 33.2 Å². The van der Waals surface area contributed by atoms with Crippen molar-refractivity contribution in [1.82, 2.24) is 0 Å². The highest BCUT2D eigenvalue weighted by Crippen LogP contribution is 2.38. The highest BCUT2D eigenvalue weighted by Gasteiger charge is 2.25. The van der Waals surface area contributed by atoms with Crippen molar-refractivity contribution >= 4 is 27.8 Å². The third kappa shape index (κ3) is 5.17. The molecule has 0 heterocycles.